The van der Waals surface area contributed by atoms with Gasteiger partial charge in [0, 0.05) is 18.7 Å². The monoisotopic (exact) mass is 307 g/mol. The second-order valence-electron chi connectivity index (χ2n) is 5.94. The topological polar surface area (TPSA) is 27.7 Å². The van der Waals surface area contributed by atoms with E-state index < -0.39 is 0 Å². The first-order valence-corrected chi connectivity index (χ1v) is 8.34. The number of benzene rings is 1. The summed E-state index contributed by atoms with van der Waals surface area (Å²) in [5, 5.41) is 3.50. The molecule has 0 saturated heterocycles. The van der Waals surface area contributed by atoms with Crippen molar-refractivity contribution < 1.29 is 4.74 Å². The second-order valence-corrected chi connectivity index (χ2v) is 5.94. The Morgan fingerprint density at radius 1 is 1.14 bits per heavy atom. The molecular weight excluding hydrogens is 274 g/mol. The van der Waals surface area contributed by atoms with Crippen molar-refractivity contribution in [2.75, 3.05) is 47.4 Å². The number of methoxy groups -OCH3 is 1. The largest absolute Gasteiger partial charge is 0.496 e. The average molecular weight is 307 g/mol. The molecule has 0 aliphatic heterocycles. The lowest BCUT2D eigenvalue weighted by Gasteiger charge is -2.19. The van der Waals surface area contributed by atoms with Gasteiger partial charge in [0.2, 0.25) is 0 Å². The van der Waals surface area contributed by atoms with Crippen LogP contribution in [-0.4, -0.2) is 57.2 Å². The van der Waals surface area contributed by atoms with Crippen molar-refractivity contribution in [1.82, 2.24) is 15.1 Å². The first kappa shape index (κ1) is 18.9. The van der Waals surface area contributed by atoms with Crippen molar-refractivity contribution in [3.05, 3.63) is 29.3 Å². The van der Waals surface area contributed by atoms with E-state index >= 15 is 0 Å². The SMILES string of the molecule is CCN(CC)Cc1ccc(CNCCCN(C)C)c(OC)c1. The third-order valence-corrected chi connectivity index (χ3v) is 3.93. The molecule has 1 N–H and O–H groups in total. The molecule has 4 heteroatoms. The van der Waals surface area contributed by atoms with Crippen LogP contribution in [0.5, 0.6) is 5.75 Å². The molecule has 1 aromatic rings. The minimum atomic E-state index is 0.863. The van der Waals surface area contributed by atoms with Crippen LogP contribution in [0.4, 0.5) is 0 Å². The number of nitrogens with zero attached hydrogens (tertiary/aromatic N) is 2. The summed E-state index contributed by atoms with van der Waals surface area (Å²) in [6.07, 6.45) is 1.16. The Morgan fingerprint density at radius 3 is 2.45 bits per heavy atom. The molecule has 1 rings (SSSR count). The minimum Gasteiger partial charge on any atom is -0.496 e. The molecule has 22 heavy (non-hydrogen) atoms. The van der Waals surface area contributed by atoms with Gasteiger partial charge in [-0.1, -0.05) is 26.0 Å². The molecule has 0 aliphatic rings. The van der Waals surface area contributed by atoms with E-state index in [-0.39, 0.29) is 0 Å². The Balaban J connectivity index is 2.53. The predicted molar refractivity (Wildman–Crippen MR) is 94.5 cm³/mol. The summed E-state index contributed by atoms with van der Waals surface area (Å²) in [6, 6.07) is 6.59. The molecule has 0 radical (unpaired) electrons. The van der Waals surface area contributed by atoms with Crippen LogP contribution in [0, 0.1) is 0 Å². The van der Waals surface area contributed by atoms with Crippen LogP contribution in [-0.2, 0) is 13.1 Å². The third-order valence-electron chi connectivity index (χ3n) is 3.93. The van der Waals surface area contributed by atoms with Gasteiger partial charge in [-0.3, -0.25) is 4.90 Å². The van der Waals surface area contributed by atoms with Gasteiger partial charge in [0.1, 0.15) is 5.75 Å². The fourth-order valence-electron chi connectivity index (χ4n) is 2.48. The molecule has 0 aliphatic carbocycles. The summed E-state index contributed by atoms with van der Waals surface area (Å²) >= 11 is 0. The molecule has 4 nitrogen and oxygen atoms in total. The van der Waals surface area contributed by atoms with Crippen LogP contribution < -0.4 is 10.1 Å². The smallest absolute Gasteiger partial charge is 0.123 e. The summed E-state index contributed by atoms with van der Waals surface area (Å²) in [5.41, 5.74) is 2.55. The second kappa shape index (κ2) is 10.6. The summed E-state index contributed by atoms with van der Waals surface area (Å²) in [6.45, 7) is 10.6. The zero-order valence-corrected chi connectivity index (χ0v) is 15.0. The maximum absolute atomic E-state index is 5.56. The zero-order chi connectivity index (χ0) is 16.4. The van der Waals surface area contributed by atoms with Gasteiger partial charge in [0.15, 0.2) is 0 Å². The lowest BCUT2D eigenvalue weighted by Crippen LogP contribution is -2.22. The molecule has 0 aromatic heterocycles. The van der Waals surface area contributed by atoms with Crippen molar-refractivity contribution in [3.63, 3.8) is 0 Å². The van der Waals surface area contributed by atoms with Crippen molar-refractivity contribution in [1.29, 1.82) is 0 Å². The lowest BCUT2D eigenvalue weighted by atomic mass is 10.1. The first-order chi connectivity index (χ1) is 10.6. The van der Waals surface area contributed by atoms with Crippen LogP contribution in [0.1, 0.15) is 31.4 Å². The maximum atomic E-state index is 5.56. The highest BCUT2D eigenvalue weighted by molar-refractivity contribution is 5.37. The average Bonchev–Trinajstić information content (AvgIpc) is 2.52. The number of ether oxygens (including phenoxy) is 1. The van der Waals surface area contributed by atoms with Gasteiger partial charge in [0.05, 0.1) is 7.11 Å². The van der Waals surface area contributed by atoms with Crippen LogP contribution in [0.15, 0.2) is 18.2 Å². The summed E-state index contributed by atoms with van der Waals surface area (Å²) in [4.78, 5) is 4.62. The van der Waals surface area contributed by atoms with Crippen molar-refractivity contribution in [2.45, 2.75) is 33.4 Å². The quantitative estimate of drug-likeness (QED) is 0.636. The van der Waals surface area contributed by atoms with Gasteiger partial charge in [-0.25, -0.2) is 0 Å². The van der Waals surface area contributed by atoms with Gasteiger partial charge in [-0.05, 0) is 58.3 Å². The fraction of sp³-hybridized carbons (Fsp3) is 0.667. The molecule has 0 bridgehead atoms. The predicted octanol–water partition coefficient (Wildman–Crippen LogP) is 2.58. The van der Waals surface area contributed by atoms with Gasteiger partial charge >= 0.3 is 0 Å². The molecule has 0 amide bonds. The zero-order valence-electron chi connectivity index (χ0n) is 15.0. The lowest BCUT2D eigenvalue weighted by molar-refractivity contribution is 0.295. The molecule has 126 valence electrons. The van der Waals surface area contributed by atoms with E-state index in [1.165, 1.54) is 11.1 Å². The summed E-state index contributed by atoms with van der Waals surface area (Å²) < 4.78 is 5.56. The van der Waals surface area contributed by atoms with E-state index in [4.69, 9.17) is 4.74 Å². The molecule has 0 fully saturated rings. The Bertz CT molecular complexity index is 417. The molecule has 1 aromatic carbocycles. The first-order valence-electron chi connectivity index (χ1n) is 8.34. The highest BCUT2D eigenvalue weighted by atomic mass is 16.5. The molecule has 0 spiro atoms. The van der Waals surface area contributed by atoms with Crippen molar-refractivity contribution in [3.8, 4) is 5.75 Å². The Morgan fingerprint density at radius 2 is 1.86 bits per heavy atom. The fourth-order valence-corrected chi connectivity index (χ4v) is 2.48. The van der Waals surface area contributed by atoms with E-state index in [1.54, 1.807) is 7.11 Å². The van der Waals surface area contributed by atoms with E-state index in [2.05, 4.69) is 61.3 Å². The van der Waals surface area contributed by atoms with E-state index in [0.29, 0.717) is 0 Å². The molecular formula is C18H33N3O. The third kappa shape index (κ3) is 6.77. The molecule has 0 atom stereocenters. The Hall–Kier alpha value is -1.10. The number of rotatable bonds is 11. The van der Waals surface area contributed by atoms with E-state index in [9.17, 15) is 0 Å². The molecule has 0 unspecified atom stereocenters. The normalized spacial score (nSPS) is 11.4. The van der Waals surface area contributed by atoms with Gasteiger partial charge < -0.3 is 15.0 Å². The van der Waals surface area contributed by atoms with Crippen molar-refractivity contribution in [2.24, 2.45) is 0 Å². The van der Waals surface area contributed by atoms with E-state index in [0.717, 1.165) is 51.4 Å². The van der Waals surface area contributed by atoms with Gasteiger partial charge in [0.25, 0.3) is 0 Å². The minimum absolute atomic E-state index is 0.863. The highest BCUT2D eigenvalue weighted by Crippen LogP contribution is 2.21. The standard InChI is InChI=1S/C18H33N3O/c1-6-21(7-2)15-16-9-10-17(18(13-16)22-5)14-19-11-8-12-20(3)4/h9-10,13,19H,6-8,11-12,14-15H2,1-5H3. The Labute approximate surface area is 136 Å². The van der Waals surface area contributed by atoms with E-state index in [1.807, 2.05) is 0 Å². The van der Waals surface area contributed by atoms with Crippen LogP contribution in [0.2, 0.25) is 0 Å². The van der Waals surface area contributed by atoms with Crippen LogP contribution >= 0.6 is 0 Å². The van der Waals surface area contributed by atoms with Crippen LogP contribution in [0.25, 0.3) is 0 Å². The maximum Gasteiger partial charge on any atom is 0.123 e. The molecule has 0 saturated carbocycles. The number of hydrogen-bond acceptors (Lipinski definition) is 4. The highest BCUT2D eigenvalue weighted by Gasteiger charge is 2.07. The van der Waals surface area contributed by atoms with Gasteiger partial charge in [-0.2, -0.15) is 0 Å². The Kier molecular flexibility index (Phi) is 9.13. The molecule has 0 heterocycles. The summed E-state index contributed by atoms with van der Waals surface area (Å²) in [5.74, 6) is 0.991. The number of nitrogens with one attached hydrogen (secondary N) is 1. The van der Waals surface area contributed by atoms with Crippen molar-refractivity contribution >= 4 is 0 Å². The number of hydrogen-bond donors (Lipinski definition) is 1. The van der Waals surface area contributed by atoms with Crippen LogP contribution in [0.3, 0.4) is 0 Å². The summed E-state index contributed by atoms with van der Waals surface area (Å²) in [7, 11) is 5.97. The van der Waals surface area contributed by atoms with Gasteiger partial charge in [-0.15, -0.1) is 0 Å².